The van der Waals surface area contributed by atoms with Crippen LogP contribution in [-0.4, -0.2) is 53.2 Å². The second kappa shape index (κ2) is 10.9. The molecule has 2 N–H and O–H groups in total. The molecule has 34 heavy (non-hydrogen) atoms. The summed E-state index contributed by atoms with van der Waals surface area (Å²) in [4.78, 5) is 17.6. The zero-order valence-corrected chi connectivity index (χ0v) is 19.7. The lowest BCUT2D eigenvalue weighted by Crippen LogP contribution is -2.24. The molecule has 0 aliphatic heterocycles. The van der Waals surface area contributed by atoms with Crippen molar-refractivity contribution in [3.8, 4) is 17.0 Å². The summed E-state index contributed by atoms with van der Waals surface area (Å²) in [6.07, 6.45) is 1.53. The Kier molecular flexibility index (Phi) is 7.49. The van der Waals surface area contributed by atoms with Crippen molar-refractivity contribution in [2.75, 3.05) is 26.9 Å². The number of benzene rings is 2. The van der Waals surface area contributed by atoms with E-state index in [0.717, 1.165) is 40.9 Å². The summed E-state index contributed by atoms with van der Waals surface area (Å²) in [6.45, 7) is 5.42. The number of aromatic nitrogens is 4. The molecule has 0 fully saturated rings. The van der Waals surface area contributed by atoms with Gasteiger partial charge < -0.3 is 14.8 Å². The van der Waals surface area contributed by atoms with Crippen molar-refractivity contribution in [3.05, 3.63) is 71.0 Å². The molecule has 0 saturated heterocycles. The fourth-order valence-electron chi connectivity index (χ4n) is 3.67. The number of nitrogens with one attached hydrogen (secondary N) is 2. The number of methoxy groups -OCH3 is 1. The Bertz CT molecular complexity index is 1270. The minimum absolute atomic E-state index is 0.136. The van der Waals surface area contributed by atoms with Crippen LogP contribution in [0.3, 0.4) is 0 Å². The number of amides is 1. The maximum absolute atomic E-state index is 12.8. The van der Waals surface area contributed by atoms with Gasteiger partial charge >= 0.3 is 0 Å². The van der Waals surface area contributed by atoms with Crippen LogP contribution in [0.1, 0.15) is 33.7 Å². The van der Waals surface area contributed by atoms with Gasteiger partial charge in [0, 0.05) is 36.2 Å². The number of fused-ring (bicyclic) bond motifs is 1. The second-order valence-corrected chi connectivity index (χ2v) is 8.16. The van der Waals surface area contributed by atoms with Gasteiger partial charge in [0.1, 0.15) is 12.4 Å². The number of rotatable bonds is 10. The van der Waals surface area contributed by atoms with Crippen molar-refractivity contribution in [2.24, 2.45) is 0 Å². The summed E-state index contributed by atoms with van der Waals surface area (Å²) >= 11 is 0. The van der Waals surface area contributed by atoms with Crippen LogP contribution in [0, 0.1) is 13.8 Å². The number of carbonyl (C=O) groups excluding carboxylic acids is 1. The number of pyridine rings is 1. The van der Waals surface area contributed by atoms with Gasteiger partial charge in [-0.3, -0.25) is 4.79 Å². The Morgan fingerprint density at radius 3 is 2.59 bits per heavy atom. The quantitative estimate of drug-likeness (QED) is 0.347. The number of carbonyl (C=O) groups is 1. The Morgan fingerprint density at radius 1 is 1.03 bits per heavy atom. The number of hydrogen-bond acceptors (Lipinski definition) is 6. The molecule has 0 aliphatic carbocycles. The van der Waals surface area contributed by atoms with E-state index in [1.807, 2.05) is 37.3 Å². The van der Waals surface area contributed by atoms with Crippen molar-refractivity contribution in [3.63, 3.8) is 0 Å². The zero-order chi connectivity index (χ0) is 23.9. The van der Waals surface area contributed by atoms with Gasteiger partial charge in [-0.15, -0.1) is 0 Å². The molecule has 0 bridgehead atoms. The van der Waals surface area contributed by atoms with E-state index in [-0.39, 0.29) is 5.91 Å². The lowest BCUT2D eigenvalue weighted by atomic mass is 10.1. The summed E-state index contributed by atoms with van der Waals surface area (Å²) < 4.78 is 11.1. The highest BCUT2D eigenvalue weighted by Gasteiger charge is 2.13. The van der Waals surface area contributed by atoms with E-state index in [2.05, 4.69) is 39.8 Å². The standard InChI is InChI=1S/C26H29N5O3/c1-17-6-8-19(9-7-17)23-16-25(34-14-13-33-3)21-11-10-20(15-24(21)28-23)26(32)27-12-4-5-22-18(2)29-31-30-22/h6-11,15-16H,4-5,12-14H2,1-3H3,(H,27,32)(H,29,30,31). The predicted octanol–water partition coefficient (Wildman–Crippen LogP) is 4.02. The summed E-state index contributed by atoms with van der Waals surface area (Å²) in [5, 5.41) is 14.6. The van der Waals surface area contributed by atoms with Crippen molar-refractivity contribution in [2.45, 2.75) is 26.7 Å². The molecule has 2 aromatic heterocycles. The lowest BCUT2D eigenvalue weighted by Gasteiger charge is -2.13. The second-order valence-electron chi connectivity index (χ2n) is 8.16. The Hall–Kier alpha value is -3.78. The molecule has 4 rings (SSSR count). The molecule has 0 atom stereocenters. The lowest BCUT2D eigenvalue weighted by molar-refractivity contribution is 0.0953. The van der Waals surface area contributed by atoms with Gasteiger partial charge in [-0.2, -0.15) is 15.4 Å². The summed E-state index contributed by atoms with van der Waals surface area (Å²) in [6, 6.07) is 15.6. The summed E-state index contributed by atoms with van der Waals surface area (Å²) in [5.74, 6) is 0.579. The number of ether oxygens (including phenoxy) is 2. The fourth-order valence-corrected chi connectivity index (χ4v) is 3.67. The third-order valence-electron chi connectivity index (χ3n) is 5.62. The first-order valence-corrected chi connectivity index (χ1v) is 11.3. The number of aromatic amines is 1. The monoisotopic (exact) mass is 459 g/mol. The molecule has 176 valence electrons. The van der Waals surface area contributed by atoms with Gasteiger partial charge in [-0.05, 0) is 44.9 Å². The van der Waals surface area contributed by atoms with Gasteiger partial charge in [0.2, 0.25) is 0 Å². The van der Waals surface area contributed by atoms with Gasteiger partial charge in [0.05, 0.1) is 29.2 Å². The maximum Gasteiger partial charge on any atom is 0.251 e. The summed E-state index contributed by atoms with van der Waals surface area (Å²) in [7, 11) is 1.64. The molecule has 4 aromatic rings. The molecule has 1 amide bonds. The first-order valence-electron chi connectivity index (χ1n) is 11.3. The predicted molar refractivity (Wildman–Crippen MR) is 131 cm³/mol. The first-order chi connectivity index (χ1) is 16.5. The van der Waals surface area contributed by atoms with Gasteiger partial charge in [0.15, 0.2) is 0 Å². The fraction of sp³-hybridized carbons (Fsp3) is 0.308. The Morgan fingerprint density at radius 2 is 1.85 bits per heavy atom. The third-order valence-corrected chi connectivity index (χ3v) is 5.62. The van der Waals surface area contributed by atoms with E-state index < -0.39 is 0 Å². The summed E-state index contributed by atoms with van der Waals surface area (Å²) in [5.41, 5.74) is 6.04. The molecule has 0 radical (unpaired) electrons. The molecule has 8 nitrogen and oxygen atoms in total. The molecular weight excluding hydrogens is 430 g/mol. The molecule has 8 heteroatoms. The van der Waals surface area contributed by atoms with E-state index in [1.165, 1.54) is 5.56 Å². The van der Waals surface area contributed by atoms with E-state index in [4.69, 9.17) is 14.5 Å². The van der Waals surface area contributed by atoms with E-state index in [9.17, 15) is 4.79 Å². The van der Waals surface area contributed by atoms with Crippen LogP contribution < -0.4 is 10.1 Å². The number of hydrogen-bond donors (Lipinski definition) is 2. The SMILES string of the molecule is COCCOc1cc(-c2ccc(C)cc2)nc2cc(C(=O)NCCCc3n[nH]nc3C)ccc12. The molecule has 2 heterocycles. The minimum atomic E-state index is -0.136. The van der Waals surface area contributed by atoms with Crippen LogP contribution in [0.2, 0.25) is 0 Å². The van der Waals surface area contributed by atoms with Crippen LogP contribution in [-0.2, 0) is 11.2 Å². The zero-order valence-electron chi connectivity index (χ0n) is 19.7. The third kappa shape index (κ3) is 5.58. The van der Waals surface area contributed by atoms with Gasteiger partial charge in [-0.25, -0.2) is 4.98 Å². The number of H-pyrrole nitrogens is 1. The molecule has 0 spiro atoms. The highest BCUT2D eigenvalue weighted by atomic mass is 16.5. The van der Waals surface area contributed by atoms with Gasteiger partial charge in [0.25, 0.3) is 5.91 Å². The van der Waals surface area contributed by atoms with Crippen molar-refractivity contribution < 1.29 is 14.3 Å². The largest absolute Gasteiger partial charge is 0.490 e. The van der Waals surface area contributed by atoms with E-state index in [1.54, 1.807) is 13.2 Å². The highest BCUT2D eigenvalue weighted by molar-refractivity contribution is 5.99. The maximum atomic E-state index is 12.8. The normalized spacial score (nSPS) is 11.0. The molecule has 0 unspecified atom stereocenters. The van der Waals surface area contributed by atoms with Crippen LogP contribution in [0.15, 0.2) is 48.5 Å². The first kappa shape index (κ1) is 23.4. The molecule has 0 aliphatic rings. The number of nitrogens with zero attached hydrogens (tertiary/aromatic N) is 3. The smallest absolute Gasteiger partial charge is 0.251 e. The van der Waals surface area contributed by atoms with Crippen molar-refractivity contribution in [1.29, 1.82) is 0 Å². The number of aryl methyl sites for hydroxylation is 3. The Balaban J connectivity index is 1.54. The van der Waals surface area contributed by atoms with E-state index in [0.29, 0.717) is 36.6 Å². The molecule has 0 saturated carbocycles. The average molecular weight is 460 g/mol. The molecule has 2 aromatic carbocycles. The average Bonchev–Trinajstić information content (AvgIpc) is 3.26. The van der Waals surface area contributed by atoms with E-state index >= 15 is 0 Å². The van der Waals surface area contributed by atoms with Crippen LogP contribution >= 0.6 is 0 Å². The minimum Gasteiger partial charge on any atom is -0.490 e. The molecular formula is C26H29N5O3. The van der Waals surface area contributed by atoms with Crippen LogP contribution in [0.25, 0.3) is 22.2 Å². The topological polar surface area (TPSA) is 102 Å². The van der Waals surface area contributed by atoms with Crippen molar-refractivity contribution >= 4 is 16.8 Å². The Labute approximate surface area is 198 Å². The van der Waals surface area contributed by atoms with Crippen molar-refractivity contribution in [1.82, 2.24) is 25.7 Å². The van der Waals surface area contributed by atoms with Gasteiger partial charge in [-0.1, -0.05) is 29.8 Å². The van der Waals surface area contributed by atoms with Crippen LogP contribution in [0.4, 0.5) is 0 Å². The van der Waals surface area contributed by atoms with Crippen LogP contribution in [0.5, 0.6) is 5.75 Å². The highest BCUT2D eigenvalue weighted by Crippen LogP contribution is 2.31.